The molecule has 2 saturated heterocycles. The van der Waals surface area contributed by atoms with Crippen LogP contribution in [-0.2, 0) is 14.6 Å². The zero-order chi connectivity index (χ0) is 14.4. The molecule has 1 N–H and O–H groups in total. The van der Waals surface area contributed by atoms with Gasteiger partial charge in [-0.15, -0.1) is 0 Å². The van der Waals surface area contributed by atoms with Crippen molar-refractivity contribution < 1.29 is 17.9 Å². The summed E-state index contributed by atoms with van der Waals surface area (Å²) in [5.74, 6) is 0.159. The number of rotatable bonds is 4. The van der Waals surface area contributed by atoms with E-state index in [2.05, 4.69) is 5.32 Å². The normalized spacial score (nSPS) is 26.2. The summed E-state index contributed by atoms with van der Waals surface area (Å²) in [6.45, 7) is 2.10. The van der Waals surface area contributed by atoms with Crippen molar-refractivity contribution in [3.63, 3.8) is 0 Å². The van der Waals surface area contributed by atoms with E-state index in [1.807, 2.05) is 0 Å². The highest BCUT2D eigenvalue weighted by Crippen LogP contribution is 2.16. The number of nitrogens with zero attached hydrogens (tertiary/aromatic N) is 1. The van der Waals surface area contributed by atoms with Gasteiger partial charge in [0.25, 0.3) is 0 Å². The van der Waals surface area contributed by atoms with E-state index in [0.29, 0.717) is 25.7 Å². The maximum Gasteiger partial charge on any atom is 0.317 e. The van der Waals surface area contributed by atoms with E-state index >= 15 is 0 Å². The van der Waals surface area contributed by atoms with Gasteiger partial charge in [0.05, 0.1) is 17.6 Å². The molecule has 0 radical (unpaired) electrons. The molecule has 0 aromatic heterocycles. The molecule has 0 spiro atoms. The first-order valence-corrected chi connectivity index (χ1v) is 9.24. The van der Waals surface area contributed by atoms with E-state index in [9.17, 15) is 13.2 Å². The summed E-state index contributed by atoms with van der Waals surface area (Å²) in [6, 6.07) is -0.149. The van der Waals surface area contributed by atoms with Crippen LogP contribution in [0.15, 0.2) is 0 Å². The second-order valence-electron chi connectivity index (χ2n) is 5.50. The number of ether oxygens (including phenoxy) is 1. The molecule has 116 valence electrons. The summed E-state index contributed by atoms with van der Waals surface area (Å²) in [4.78, 5) is 13.4. The molecule has 0 bridgehead atoms. The molecule has 2 amide bonds. The van der Waals surface area contributed by atoms with Crippen LogP contribution in [0.4, 0.5) is 4.79 Å². The van der Waals surface area contributed by atoms with Gasteiger partial charge in [-0.3, -0.25) is 0 Å². The fraction of sp³-hybridized carbons (Fsp3) is 0.923. The quantitative estimate of drug-likeness (QED) is 0.779. The molecular formula is C13H24N2O4S. The van der Waals surface area contributed by atoms with Crippen molar-refractivity contribution in [2.24, 2.45) is 0 Å². The molecule has 2 heterocycles. The number of hydrogen-bond donors (Lipinski definition) is 1. The Bertz CT molecular complexity index is 404. The molecule has 0 aromatic carbocycles. The Morgan fingerprint density at radius 3 is 2.65 bits per heavy atom. The van der Waals surface area contributed by atoms with Crippen LogP contribution in [0, 0.1) is 0 Å². The Hall–Kier alpha value is -0.820. The van der Waals surface area contributed by atoms with Crippen LogP contribution in [0.1, 0.15) is 32.1 Å². The Morgan fingerprint density at radius 2 is 2.00 bits per heavy atom. The molecule has 6 nitrogen and oxygen atoms in total. The third-order valence-electron chi connectivity index (χ3n) is 3.88. The molecule has 0 aromatic rings. The van der Waals surface area contributed by atoms with Gasteiger partial charge in [-0.2, -0.15) is 0 Å². The topological polar surface area (TPSA) is 75.7 Å². The molecule has 0 unspecified atom stereocenters. The van der Waals surface area contributed by atoms with Crippen LogP contribution in [-0.4, -0.2) is 63.2 Å². The van der Waals surface area contributed by atoms with Crippen LogP contribution in [0.25, 0.3) is 0 Å². The molecule has 0 saturated carbocycles. The van der Waals surface area contributed by atoms with Gasteiger partial charge in [0, 0.05) is 26.2 Å². The summed E-state index contributed by atoms with van der Waals surface area (Å²) in [6.07, 6.45) is 5.75. The third-order valence-corrected chi connectivity index (χ3v) is 5.49. The predicted octanol–water partition coefficient (Wildman–Crippen LogP) is 0.776. The van der Waals surface area contributed by atoms with Crippen LogP contribution in [0.3, 0.4) is 0 Å². The van der Waals surface area contributed by atoms with Gasteiger partial charge in [0.1, 0.15) is 0 Å². The lowest BCUT2D eigenvalue weighted by molar-refractivity contribution is 0.0103. The van der Waals surface area contributed by atoms with Crippen molar-refractivity contribution in [1.29, 1.82) is 0 Å². The van der Waals surface area contributed by atoms with Gasteiger partial charge in [0.15, 0.2) is 9.84 Å². The number of amides is 2. The van der Waals surface area contributed by atoms with E-state index in [1.165, 1.54) is 6.42 Å². The lowest BCUT2D eigenvalue weighted by Crippen LogP contribution is -2.48. The van der Waals surface area contributed by atoms with E-state index in [0.717, 1.165) is 32.3 Å². The first kappa shape index (κ1) is 15.6. The van der Waals surface area contributed by atoms with E-state index in [4.69, 9.17) is 4.74 Å². The fourth-order valence-electron chi connectivity index (χ4n) is 2.59. The van der Waals surface area contributed by atoms with Crippen molar-refractivity contribution >= 4 is 15.9 Å². The molecular weight excluding hydrogens is 280 g/mol. The fourth-order valence-corrected chi connectivity index (χ4v) is 3.79. The van der Waals surface area contributed by atoms with Crippen molar-refractivity contribution in [3.8, 4) is 0 Å². The van der Waals surface area contributed by atoms with Crippen molar-refractivity contribution in [3.05, 3.63) is 0 Å². The van der Waals surface area contributed by atoms with Crippen molar-refractivity contribution in [1.82, 2.24) is 10.2 Å². The number of hydrogen-bond acceptors (Lipinski definition) is 4. The van der Waals surface area contributed by atoms with Crippen LogP contribution >= 0.6 is 0 Å². The van der Waals surface area contributed by atoms with Crippen LogP contribution in [0.2, 0.25) is 0 Å². The van der Waals surface area contributed by atoms with Gasteiger partial charge in [-0.1, -0.05) is 0 Å². The summed E-state index contributed by atoms with van der Waals surface area (Å²) >= 11 is 0. The van der Waals surface area contributed by atoms with Crippen LogP contribution < -0.4 is 5.32 Å². The van der Waals surface area contributed by atoms with Gasteiger partial charge in [-0.05, 0) is 32.1 Å². The zero-order valence-electron chi connectivity index (χ0n) is 11.8. The zero-order valence-corrected chi connectivity index (χ0v) is 12.7. The number of carbonyl (C=O) groups excluding carboxylic acids is 1. The Morgan fingerprint density at radius 1 is 1.25 bits per heavy atom. The van der Waals surface area contributed by atoms with E-state index in [1.54, 1.807) is 4.90 Å². The molecule has 20 heavy (non-hydrogen) atoms. The van der Waals surface area contributed by atoms with E-state index < -0.39 is 9.84 Å². The minimum Gasteiger partial charge on any atom is -0.378 e. The largest absolute Gasteiger partial charge is 0.378 e. The molecule has 2 aliphatic heterocycles. The Balaban J connectivity index is 1.58. The van der Waals surface area contributed by atoms with Crippen molar-refractivity contribution in [2.45, 2.75) is 38.2 Å². The first-order valence-electron chi connectivity index (χ1n) is 7.42. The van der Waals surface area contributed by atoms with E-state index in [-0.39, 0.29) is 17.5 Å². The van der Waals surface area contributed by atoms with Gasteiger partial charge < -0.3 is 15.0 Å². The Labute approximate surface area is 120 Å². The standard InChI is InChI=1S/C13H24N2O4S/c16-13(15-7-10-20(17,18)11-8-15)14-6-3-5-12-4-1-2-9-19-12/h12H,1-11H2,(H,14,16)/t12-/m1/s1. The maximum atomic E-state index is 11.8. The van der Waals surface area contributed by atoms with Gasteiger partial charge in [-0.25, -0.2) is 13.2 Å². The molecule has 2 fully saturated rings. The summed E-state index contributed by atoms with van der Waals surface area (Å²) < 4.78 is 28.2. The predicted molar refractivity (Wildman–Crippen MR) is 76.5 cm³/mol. The smallest absolute Gasteiger partial charge is 0.317 e. The number of carbonyl (C=O) groups is 1. The Kier molecular flexibility index (Phi) is 5.65. The first-order chi connectivity index (χ1) is 9.57. The molecule has 1 atom stereocenters. The molecule has 7 heteroatoms. The van der Waals surface area contributed by atoms with Crippen LogP contribution in [0.5, 0.6) is 0 Å². The lowest BCUT2D eigenvalue weighted by Gasteiger charge is -2.27. The molecule has 2 aliphatic rings. The number of sulfone groups is 1. The van der Waals surface area contributed by atoms with Gasteiger partial charge in [0.2, 0.25) is 0 Å². The third kappa shape index (κ3) is 4.94. The molecule has 2 rings (SSSR count). The second kappa shape index (κ2) is 7.26. The minimum atomic E-state index is -2.93. The highest BCUT2D eigenvalue weighted by atomic mass is 32.2. The maximum absolute atomic E-state index is 11.8. The van der Waals surface area contributed by atoms with Crippen molar-refractivity contribution in [2.75, 3.05) is 37.7 Å². The number of urea groups is 1. The number of nitrogens with one attached hydrogen (secondary N) is 1. The van der Waals surface area contributed by atoms with Gasteiger partial charge >= 0.3 is 6.03 Å². The summed E-state index contributed by atoms with van der Waals surface area (Å²) in [7, 11) is -2.93. The monoisotopic (exact) mass is 304 g/mol. The highest BCUT2D eigenvalue weighted by molar-refractivity contribution is 7.91. The summed E-state index contributed by atoms with van der Waals surface area (Å²) in [5, 5.41) is 2.86. The SMILES string of the molecule is O=C(NCCC[C@H]1CCCCO1)N1CCS(=O)(=O)CC1. The summed E-state index contributed by atoms with van der Waals surface area (Å²) in [5.41, 5.74) is 0. The second-order valence-corrected chi connectivity index (χ2v) is 7.81. The average Bonchev–Trinajstić information content (AvgIpc) is 2.44. The molecule has 0 aliphatic carbocycles. The lowest BCUT2D eigenvalue weighted by atomic mass is 10.0. The minimum absolute atomic E-state index is 0.0797. The average molecular weight is 304 g/mol. The highest BCUT2D eigenvalue weighted by Gasteiger charge is 2.24.